The number of benzene rings is 2. The Kier molecular flexibility index (Phi) is 5.09. The van der Waals surface area contributed by atoms with Gasteiger partial charge in [0.1, 0.15) is 5.76 Å². The van der Waals surface area contributed by atoms with Gasteiger partial charge in [0.25, 0.3) is 0 Å². The van der Waals surface area contributed by atoms with Gasteiger partial charge in [-0.1, -0.05) is 47.7 Å². The van der Waals surface area contributed by atoms with E-state index in [0.29, 0.717) is 0 Å². The van der Waals surface area contributed by atoms with Crippen molar-refractivity contribution >= 4 is 11.8 Å². The van der Waals surface area contributed by atoms with Gasteiger partial charge < -0.3 is 4.42 Å². The zero-order valence-electron chi connectivity index (χ0n) is 16.6. The van der Waals surface area contributed by atoms with Crippen LogP contribution in [0.15, 0.2) is 64.4 Å². The molecule has 0 radical (unpaired) electrons. The third-order valence-electron chi connectivity index (χ3n) is 4.93. The van der Waals surface area contributed by atoms with Gasteiger partial charge >= 0.3 is 0 Å². The summed E-state index contributed by atoms with van der Waals surface area (Å²) in [7, 11) is 0. The number of nitrogens with zero attached hydrogens (tertiary/aromatic N) is 3. The predicted molar refractivity (Wildman–Crippen MR) is 114 cm³/mol. The van der Waals surface area contributed by atoms with Crippen LogP contribution in [0.4, 0.5) is 0 Å². The highest BCUT2D eigenvalue weighted by molar-refractivity contribution is 7.98. The maximum atomic E-state index is 5.50. The molecule has 0 aliphatic rings. The first-order valence-corrected chi connectivity index (χ1v) is 10.3. The van der Waals surface area contributed by atoms with E-state index in [2.05, 4.69) is 59.8 Å². The Morgan fingerprint density at radius 1 is 0.929 bits per heavy atom. The van der Waals surface area contributed by atoms with Crippen molar-refractivity contribution in [3.8, 4) is 17.1 Å². The topological polar surface area (TPSA) is 43.9 Å². The molecule has 0 bridgehead atoms. The molecule has 142 valence electrons. The van der Waals surface area contributed by atoms with Crippen LogP contribution in [0.25, 0.3) is 17.1 Å². The van der Waals surface area contributed by atoms with Gasteiger partial charge in [-0.2, -0.15) is 0 Å². The summed E-state index contributed by atoms with van der Waals surface area (Å²) in [6.45, 7) is 8.45. The van der Waals surface area contributed by atoms with Crippen molar-refractivity contribution in [2.75, 3.05) is 0 Å². The number of aryl methyl sites for hydroxylation is 4. The van der Waals surface area contributed by atoms with Crippen LogP contribution in [0.5, 0.6) is 0 Å². The van der Waals surface area contributed by atoms with Crippen molar-refractivity contribution in [3.63, 3.8) is 0 Å². The van der Waals surface area contributed by atoms with Gasteiger partial charge in [0.05, 0.1) is 11.8 Å². The summed E-state index contributed by atoms with van der Waals surface area (Å²) in [5, 5.41) is 9.89. The number of thioether (sulfide) groups is 1. The van der Waals surface area contributed by atoms with Gasteiger partial charge in [-0.15, -0.1) is 10.2 Å². The summed E-state index contributed by atoms with van der Waals surface area (Å²) in [6.07, 6.45) is 1.69. The maximum Gasteiger partial charge on any atom is 0.196 e. The summed E-state index contributed by atoms with van der Waals surface area (Å²) in [5.74, 6) is 2.50. The smallest absolute Gasteiger partial charge is 0.196 e. The van der Waals surface area contributed by atoms with Gasteiger partial charge in [-0.3, -0.25) is 4.57 Å². The fraction of sp³-hybridized carbons (Fsp3) is 0.217. The van der Waals surface area contributed by atoms with Gasteiger partial charge in [0.2, 0.25) is 0 Å². The lowest BCUT2D eigenvalue weighted by Crippen LogP contribution is -2.00. The molecule has 0 unspecified atom stereocenters. The molecule has 0 aliphatic heterocycles. The van der Waals surface area contributed by atoms with Crippen molar-refractivity contribution in [2.45, 2.75) is 38.6 Å². The van der Waals surface area contributed by atoms with Gasteiger partial charge in [-0.25, -0.2) is 0 Å². The second-order valence-corrected chi connectivity index (χ2v) is 7.98. The molecule has 0 atom stereocenters. The Bertz CT molecular complexity index is 1090. The first-order chi connectivity index (χ1) is 13.5. The number of hydrogen-bond acceptors (Lipinski definition) is 4. The first-order valence-electron chi connectivity index (χ1n) is 9.29. The van der Waals surface area contributed by atoms with E-state index in [9.17, 15) is 0 Å². The molecular formula is C23H23N3OS. The number of para-hydroxylation sites is 1. The molecule has 4 nitrogen and oxygen atoms in total. The molecule has 28 heavy (non-hydrogen) atoms. The molecule has 4 aromatic rings. The van der Waals surface area contributed by atoms with Crippen LogP contribution < -0.4 is 0 Å². The first kappa shape index (κ1) is 18.6. The minimum absolute atomic E-state index is 0.803. The number of hydrogen-bond donors (Lipinski definition) is 0. The molecule has 0 amide bonds. The standard InChI is InChI=1S/C23H23N3OS/c1-15-12-16(2)21(17(3)13-15)14-28-23-25-24-22(20-10-11-27-18(20)4)26(23)19-8-6-5-7-9-19/h5-13H,14H2,1-4H3. The lowest BCUT2D eigenvalue weighted by Gasteiger charge is -2.12. The minimum atomic E-state index is 0.803. The monoisotopic (exact) mass is 389 g/mol. The summed E-state index contributed by atoms with van der Waals surface area (Å²) in [6, 6.07) is 16.7. The molecule has 0 saturated heterocycles. The minimum Gasteiger partial charge on any atom is -0.469 e. The molecule has 0 aliphatic carbocycles. The Morgan fingerprint density at radius 2 is 1.64 bits per heavy atom. The molecule has 2 heterocycles. The molecule has 4 rings (SSSR count). The van der Waals surface area contributed by atoms with E-state index >= 15 is 0 Å². The van der Waals surface area contributed by atoms with Gasteiger partial charge in [-0.05, 0) is 62.6 Å². The molecule has 0 fully saturated rings. The Hall–Kier alpha value is -2.79. The van der Waals surface area contributed by atoms with Crippen molar-refractivity contribution in [2.24, 2.45) is 0 Å². The largest absolute Gasteiger partial charge is 0.469 e. The zero-order valence-corrected chi connectivity index (χ0v) is 17.4. The van der Waals surface area contributed by atoms with Crippen LogP contribution in [0.2, 0.25) is 0 Å². The van der Waals surface area contributed by atoms with E-state index in [4.69, 9.17) is 4.42 Å². The van der Waals surface area contributed by atoms with E-state index in [-0.39, 0.29) is 0 Å². The fourth-order valence-electron chi connectivity index (χ4n) is 3.54. The number of aromatic nitrogens is 3. The Balaban J connectivity index is 1.74. The van der Waals surface area contributed by atoms with Crippen molar-refractivity contribution < 1.29 is 4.42 Å². The van der Waals surface area contributed by atoms with Crippen LogP contribution in [-0.4, -0.2) is 14.8 Å². The van der Waals surface area contributed by atoms with E-state index in [1.165, 1.54) is 22.3 Å². The molecule has 0 saturated carbocycles. The van der Waals surface area contributed by atoms with Crippen molar-refractivity contribution in [1.82, 2.24) is 14.8 Å². The molecule has 2 aromatic carbocycles. The Morgan fingerprint density at radius 3 is 2.29 bits per heavy atom. The summed E-state index contributed by atoms with van der Waals surface area (Å²) in [4.78, 5) is 0. The predicted octanol–water partition coefficient (Wildman–Crippen LogP) is 6.05. The van der Waals surface area contributed by atoms with E-state index in [1.54, 1.807) is 18.0 Å². The summed E-state index contributed by atoms with van der Waals surface area (Å²) >= 11 is 1.71. The molecule has 5 heteroatoms. The average Bonchev–Trinajstić information content (AvgIpc) is 3.27. The summed E-state index contributed by atoms with van der Waals surface area (Å²) in [5.41, 5.74) is 7.31. The normalized spacial score (nSPS) is 11.1. The lowest BCUT2D eigenvalue weighted by atomic mass is 10.0. The van der Waals surface area contributed by atoms with E-state index in [1.807, 2.05) is 31.2 Å². The average molecular weight is 390 g/mol. The lowest BCUT2D eigenvalue weighted by molar-refractivity contribution is 0.535. The highest BCUT2D eigenvalue weighted by Gasteiger charge is 2.19. The second-order valence-electron chi connectivity index (χ2n) is 7.03. The second kappa shape index (κ2) is 7.68. The van der Waals surface area contributed by atoms with E-state index in [0.717, 1.165) is 33.7 Å². The highest BCUT2D eigenvalue weighted by Crippen LogP contribution is 2.32. The van der Waals surface area contributed by atoms with Gasteiger partial charge in [0, 0.05) is 11.4 Å². The Labute approximate surface area is 169 Å². The highest BCUT2D eigenvalue weighted by atomic mass is 32.2. The fourth-order valence-corrected chi connectivity index (χ4v) is 4.69. The number of furan rings is 1. The van der Waals surface area contributed by atoms with Crippen LogP contribution >= 0.6 is 11.8 Å². The molecule has 0 spiro atoms. The van der Waals surface area contributed by atoms with Crippen LogP contribution in [0.1, 0.15) is 28.0 Å². The van der Waals surface area contributed by atoms with Crippen molar-refractivity contribution in [3.05, 3.63) is 82.8 Å². The third kappa shape index (κ3) is 3.50. The quantitative estimate of drug-likeness (QED) is 0.390. The maximum absolute atomic E-state index is 5.50. The molecular weight excluding hydrogens is 366 g/mol. The molecule has 0 N–H and O–H groups in total. The molecule has 2 aromatic heterocycles. The van der Waals surface area contributed by atoms with Gasteiger partial charge in [0.15, 0.2) is 11.0 Å². The summed E-state index contributed by atoms with van der Waals surface area (Å²) < 4.78 is 7.62. The van der Waals surface area contributed by atoms with Crippen molar-refractivity contribution in [1.29, 1.82) is 0 Å². The van der Waals surface area contributed by atoms with Crippen LogP contribution in [-0.2, 0) is 5.75 Å². The number of rotatable bonds is 5. The van der Waals surface area contributed by atoms with Crippen LogP contribution in [0.3, 0.4) is 0 Å². The SMILES string of the molecule is Cc1cc(C)c(CSc2nnc(-c3ccoc3C)n2-c2ccccc2)c(C)c1. The third-order valence-corrected chi connectivity index (χ3v) is 5.89. The van der Waals surface area contributed by atoms with Crippen LogP contribution in [0, 0.1) is 27.7 Å². The van der Waals surface area contributed by atoms with E-state index < -0.39 is 0 Å². The zero-order chi connectivity index (χ0) is 19.7.